The Hall–Kier alpha value is -2.12. The molecule has 18 heavy (non-hydrogen) atoms. The molecule has 1 heterocycles. The van der Waals surface area contributed by atoms with E-state index < -0.39 is 12.0 Å². The molecule has 0 bridgehead atoms. The number of aliphatic carboxylic acids is 1. The molecule has 0 saturated heterocycles. The maximum Gasteiger partial charge on any atom is 0.323 e. The molecule has 2 N–H and O–H groups in total. The Morgan fingerprint density at radius 1 is 1.50 bits per heavy atom. The third kappa shape index (κ3) is 4.40. The zero-order valence-electron chi connectivity index (χ0n) is 10.3. The standard InChI is InChI=1S/C10H16N4O4/c1-3-4-14(6-9(15)16)10(17)11-5-8-12-7(2)18-13-8/h3-6H2,1-2H3,(H,11,17)(H,15,16). The molecule has 100 valence electrons. The fourth-order valence-electron chi connectivity index (χ4n) is 1.37. The maximum absolute atomic E-state index is 11.7. The Balaban J connectivity index is 2.48. The van der Waals surface area contributed by atoms with E-state index in [0.29, 0.717) is 24.7 Å². The number of carbonyl (C=O) groups excluding carboxylic acids is 1. The average molecular weight is 256 g/mol. The Morgan fingerprint density at radius 2 is 2.22 bits per heavy atom. The van der Waals surface area contributed by atoms with Crippen LogP contribution in [0.1, 0.15) is 25.1 Å². The summed E-state index contributed by atoms with van der Waals surface area (Å²) in [4.78, 5) is 27.5. The van der Waals surface area contributed by atoms with Gasteiger partial charge in [0.25, 0.3) is 0 Å². The molecule has 2 amide bonds. The normalized spacial score (nSPS) is 10.1. The zero-order chi connectivity index (χ0) is 13.5. The van der Waals surface area contributed by atoms with Gasteiger partial charge in [0.15, 0.2) is 5.82 Å². The second-order valence-corrected chi connectivity index (χ2v) is 3.70. The van der Waals surface area contributed by atoms with Crippen molar-refractivity contribution in [2.75, 3.05) is 13.1 Å². The molecule has 1 aromatic rings. The van der Waals surface area contributed by atoms with Crippen molar-refractivity contribution in [2.24, 2.45) is 0 Å². The van der Waals surface area contributed by atoms with E-state index in [1.807, 2.05) is 6.92 Å². The van der Waals surface area contributed by atoms with Gasteiger partial charge in [-0.2, -0.15) is 4.98 Å². The number of nitrogens with one attached hydrogen (secondary N) is 1. The zero-order valence-corrected chi connectivity index (χ0v) is 10.3. The Morgan fingerprint density at radius 3 is 2.72 bits per heavy atom. The van der Waals surface area contributed by atoms with Crippen LogP contribution in [0, 0.1) is 6.92 Å². The number of hydrogen-bond donors (Lipinski definition) is 2. The summed E-state index contributed by atoms with van der Waals surface area (Å²) in [6, 6.07) is -0.457. The largest absolute Gasteiger partial charge is 0.480 e. The Labute approximate surface area is 104 Å². The first-order valence-electron chi connectivity index (χ1n) is 5.56. The number of aryl methyl sites for hydroxylation is 1. The second kappa shape index (κ2) is 6.58. The molecule has 8 nitrogen and oxygen atoms in total. The van der Waals surface area contributed by atoms with E-state index in [0.717, 1.165) is 0 Å². The quantitative estimate of drug-likeness (QED) is 0.761. The number of amides is 2. The summed E-state index contributed by atoms with van der Waals surface area (Å²) in [6.45, 7) is 3.67. The number of carbonyl (C=O) groups is 2. The van der Waals surface area contributed by atoms with Crippen LogP contribution in [-0.2, 0) is 11.3 Å². The third-order valence-electron chi connectivity index (χ3n) is 2.07. The molecule has 0 aliphatic rings. The summed E-state index contributed by atoms with van der Waals surface area (Å²) < 4.78 is 4.75. The molecule has 8 heteroatoms. The Kier molecular flexibility index (Phi) is 5.09. The van der Waals surface area contributed by atoms with Gasteiger partial charge in [-0.15, -0.1) is 0 Å². The van der Waals surface area contributed by atoms with Crippen LogP contribution in [0.4, 0.5) is 4.79 Å². The molecule has 0 atom stereocenters. The number of rotatable bonds is 6. The second-order valence-electron chi connectivity index (χ2n) is 3.70. The molecule has 1 aromatic heterocycles. The van der Waals surface area contributed by atoms with E-state index in [9.17, 15) is 9.59 Å². The first-order chi connectivity index (χ1) is 8.52. The minimum absolute atomic E-state index is 0.107. The van der Waals surface area contributed by atoms with Crippen LogP contribution in [-0.4, -0.2) is 45.2 Å². The molecule has 0 aliphatic carbocycles. The van der Waals surface area contributed by atoms with E-state index in [1.165, 1.54) is 4.90 Å². The topological polar surface area (TPSA) is 109 Å². The highest BCUT2D eigenvalue weighted by atomic mass is 16.5. The summed E-state index contributed by atoms with van der Waals surface area (Å²) in [5, 5.41) is 14.8. The minimum Gasteiger partial charge on any atom is -0.480 e. The first kappa shape index (κ1) is 13.9. The van der Waals surface area contributed by atoms with Crippen molar-refractivity contribution in [1.29, 1.82) is 0 Å². The van der Waals surface area contributed by atoms with Gasteiger partial charge in [-0.05, 0) is 6.42 Å². The van der Waals surface area contributed by atoms with Gasteiger partial charge < -0.3 is 19.8 Å². The van der Waals surface area contributed by atoms with Crippen LogP contribution in [0.3, 0.4) is 0 Å². The van der Waals surface area contributed by atoms with Gasteiger partial charge in [0.1, 0.15) is 6.54 Å². The van der Waals surface area contributed by atoms with Crippen molar-refractivity contribution < 1.29 is 19.2 Å². The van der Waals surface area contributed by atoms with Crippen LogP contribution < -0.4 is 5.32 Å². The lowest BCUT2D eigenvalue weighted by Crippen LogP contribution is -2.43. The summed E-state index contributed by atoms with van der Waals surface area (Å²) >= 11 is 0. The van der Waals surface area contributed by atoms with Crippen LogP contribution in [0.5, 0.6) is 0 Å². The van der Waals surface area contributed by atoms with Crippen molar-refractivity contribution in [3.63, 3.8) is 0 Å². The van der Waals surface area contributed by atoms with Gasteiger partial charge in [0, 0.05) is 13.5 Å². The van der Waals surface area contributed by atoms with Gasteiger partial charge in [0.05, 0.1) is 6.54 Å². The van der Waals surface area contributed by atoms with Crippen LogP contribution in [0.2, 0.25) is 0 Å². The lowest BCUT2D eigenvalue weighted by molar-refractivity contribution is -0.137. The SMILES string of the molecule is CCCN(CC(=O)O)C(=O)NCc1noc(C)n1. The average Bonchev–Trinajstić information content (AvgIpc) is 2.71. The van der Waals surface area contributed by atoms with Gasteiger partial charge in [-0.3, -0.25) is 4.79 Å². The molecule has 0 aromatic carbocycles. The maximum atomic E-state index is 11.7. The van der Waals surface area contributed by atoms with Gasteiger partial charge in [0.2, 0.25) is 5.89 Å². The summed E-state index contributed by atoms with van der Waals surface area (Å²) in [5.74, 6) is -0.281. The van der Waals surface area contributed by atoms with E-state index in [1.54, 1.807) is 6.92 Å². The van der Waals surface area contributed by atoms with Crippen LogP contribution in [0.15, 0.2) is 4.52 Å². The molecule has 0 fully saturated rings. The van der Waals surface area contributed by atoms with E-state index >= 15 is 0 Å². The molecule has 0 aliphatic heterocycles. The molecule has 0 unspecified atom stereocenters. The number of carboxylic acid groups (broad SMARTS) is 1. The predicted octanol–water partition coefficient (Wildman–Crippen LogP) is 0.384. The van der Waals surface area contributed by atoms with E-state index in [4.69, 9.17) is 9.63 Å². The predicted molar refractivity (Wildman–Crippen MR) is 60.8 cm³/mol. The fourth-order valence-corrected chi connectivity index (χ4v) is 1.37. The van der Waals surface area contributed by atoms with E-state index in [-0.39, 0.29) is 13.1 Å². The van der Waals surface area contributed by atoms with Crippen LogP contribution in [0.25, 0.3) is 0 Å². The lowest BCUT2D eigenvalue weighted by Gasteiger charge is -2.19. The molecular formula is C10H16N4O4. The fraction of sp³-hybridized carbons (Fsp3) is 0.600. The highest BCUT2D eigenvalue weighted by molar-refractivity contribution is 5.79. The third-order valence-corrected chi connectivity index (χ3v) is 2.07. The minimum atomic E-state index is -1.05. The summed E-state index contributed by atoms with van der Waals surface area (Å²) in [6.07, 6.45) is 0.683. The smallest absolute Gasteiger partial charge is 0.323 e. The van der Waals surface area contributed by atoms with Gasteiger partial charge in [-0.1, -0.05) is 12.1 Å². The molecule has 0 saturated carbocycles. The van der Waals surface area contributed by atoms with Gasteiger partial charge >= 0.3 is 12.0 Å². The number of aromatic nitrogens is 2. The van der Waals surface area contributed by atoms with Crippen molar-refractivity contribution in [1.82, 2.24) is 20.4 Å². The van der Waals surface area contributed by atoms with Crippen molar-refractivity contribution >= 4 is 12.0 Å². The van der Waals surface area contributed by atoms with Crippen molar-refractivity contribution in [3.05, 3.63) is 11.7 Å². The number of carboxylic acids is 1. The lowest BCUT2D eigenvalue weighted by atomic mass is 10.4. The molecule has 0 spiro atoms. The molecule has 1 rings (SSSR count). The highest BCUT2D eigenvalue weighted by Gasteiger charge is 2.16. The number of hydrogen-bond acceptors (Lipinski definition) is 5. The van der Waals surface area contributed by atoms with Gasteiger partial charge in [-0.25, -0.2) is 4.79 Å². The Bertz CT molecular complexity index is 418. The first-order valence-corrected chi connectivity index (χ1v) is 5.56. The summed E-state index contributed by atoms with van der Waals surface area (Å²) in [7, 11) is 0. The summed E-state index contributed by atoms with van der Waals surface area (Å²) in [5.41, 5.74) is 0. The molecular weight excluding hydrogens is 240 g/mol. The molecule has 0 radical (unpaired) electrons. The monoisotopic (exact) mass is 256 g/mol. The van der Waals surface area contributed by atoms with Crippen molar-refractivity contribution in [3.8, 4) is 0 Å². The van der Waals surface area contributed by atoms with E-state index in [2.05, 4.69) is 15.5 Å². The number of urea groups is 1. The van der Waals surface area contributed by atoms with Crippen LogP contribution >= 0.6 is 0 Å². The van der Waals surface area contributed by atoms with Crippen molar-refractivity contribution in [2.45, 2.75) is 26.8 Å². The highest BCUT2D eigenvalue weighted by Crippen LogP contribution is 1.97. The number of nitrogens with zero attached hydrogens (tertiary/aromatic N) is 3.